The fraction of sp³-hybridized carbons (Fsp3) is 0.174. The standard InChI is InChI=1S/C23H19ClFNO3/c1-14(16-6-8-17(9-7-16)15(2)27)10-22(28)21-11-18(24)13-26-23(21)29-20-5-3-4-19(25)12-20/h3-9,11-14H,10H2,1-2H3/t14-/m1/s1. The summed E-state index contributed by atoms with van der Waals surface area (Å²) in [7, 11) is 0. The molecular formula is C23H19ClFNO3. The molecule has 0 fully saturated rings. The smallest absolute Gasteiger partial charge is 0.230 e. The van der Waals surface area contributed by atoms with Crippen molar-refractivity contribution >= 4 is 23.2 Å². The van der Waals surface area contributed by atoms with Crippen molar-refractivity contribution in [1.82, 2.24) is 4.98 Å². The van der Waals surface area contributed by atoms with Crippen LogP contribution in [0.15, 0.2) is 60.8 Å². The van der Waals surface area contributed by atoms with Crippen molar-refractivity contribution in [3.05, 3.63) is 88.3 Å². The molecule has 3 rings (SSSR count). The van der Waals surface area contributed by atoms with Crippen LogP contribution in [0, 0.1) is 5.82 Å². The number of carbonyl (C=O) groups excluding carboxylic acids is 2. The van der Waals surface area contributed by atoms with E-state index < -0.39 is 5.82 Å². The quantitative estimate of drug-likeness (QED) is 0.431. The second-order valence-corrected chi connectivity index (χ2v) is 7.21. The molecular weight excluding hydrogens is 393 g/mol. The SMILES string of the molecule is CC(=O)c1ccc([C@H](C)CC(=O)c2cc(Cl)cnc2Oc2cccc(F)c2)cc1. The normalized spacial score (nSPS) is 11.7. The van der Waals surface area contributed by atoms with Gasteiger partial charge in [0, 0.05) is 24.2 Å². The lowest BCUT2D eigenvalue weighted by Crippen LogP contribution is -2.08. The molecule has 29 heavy (non-hydrogen) atoms. The molecule has 0 radical (unpaired) electrons. The summed E-state index contributed by atoms with van der Waals surface area (Å²) in [5.74, 6) is -0.443. The average Bonchev–Trinajstić information content (AvgIpc) is 2.69. The molecule has 0 bridgehead atoms. The van der Waals surface area contributed by atoms with Gasteiger partial charge in [-0.2, -0.15) is 0 Å². The first-order valence-corrected chi connectivity index (χ1v) is 9.44. The Morgan fingerprint density at radius 2 is 1.86 bits per heavy atom. The van der Waals surface area contributed by atoms with Gasteiger partial charge in [0.25, 0.3) is 0 Å². The maximum Gasteiger partial charge on any atom is 0.230 e. The predicted molar refractivity (Wildman–Crippen MR) is 110 cm³/mol. The third-order valence-corrected chi connectivity index (χ3v) is 4.71. The zero-order valence-electron chi connectivity index (χ0n) is 16.0. The molecule has 0 amide bonds. The fourth-order valence-corrected chi connectivity index (χ4v) is 3.06. The summed E-state index contributed by atoms with van der Waals surface area (Å²) in [5.41, 5.74) is 1.79. The van der Waals surface area contributed by atoms with Crippen LogP contribution in [0.2, 0.25) is 5.02 Å². The van der Waals surface area contributed by atoms with E-state index in [2.05, 4.69) is 4.98 Å². The van der Waals surface area contributed by atoms with E-state index in [1.165, 1.54) is 37.4 Å². The Labute approximate surface area is 173 Å². The first kappa shape index (κ1) is 20.7. The molecule has 2 aromatic carbocycles. The highest BCUT2D eigenvalue weighted by atomic mass is 35.5. The highest BCUT2D eigenvalue weighted by Gasteiger charge is 2.19. The van der Waals surface area contributed by atoms with Gasteiger partial charge in [0.05, 0.1) is 10.6 Å². The lowest BCUT2D eigenvalue weighted by molar-refractivity contribution is 0.0970. The minimum atomic E-state index is -0.452. The molecule has 0 aliphatic heterocycles. The number of benzene rings is 2. The number of halogens is 2. The summed E-state index contributed by atoms with van der Waals surface area (Å²) in [6.07, 6.45) is 1.57. The lowest BCUT2D eigenvalue weighted by atomic mass is 9.92. The Morgan fingerprint density at radius 1 is 1.14 bits per heavy atom. The minimum Gasteiger partial charge on any atom is -0.438 e. The molecule has 148 valence electrons. The molecule has 3 aromatic rings. The third-order valence-electron chi connectivity index (χ3n) is 4.51. The average molecular weight is 412 g/mol. The summed E-state index contributed by atoms with van der Waals surface area (Å²) in [4.78, 5) is 28.4. The van der Waals surface area contributed by atoms with Gasteiger partial charge in [0.2, 0.25) is 5.88 Å². The number of nitrogens with zero attached hydrogens (tertiary/aromatic N) is 1. The van der Waals surface area contributed by atoms with Crippen molar-refractivity contribution in [3.63, 3.8) is 0 Å². The van der Waals surface area contributed by atoms with Crippen LogP contribution in [0.25, 0.3) is 0 Å². The van der Waals surface area contributed by atoms with Crippen molar-refractivity contribution in [2.24, 2.45) is 0 Å². The lowest BCUT2D eigenvalue weighted by Gasteiger charge is -2.14. The van der Waals surface area contributed by atoms with Crippen LogP contribution in [-0.4, -0.2) is 16.6 Å². The van der Waals surface area contributed by atoms with E-state index in [-0.39, 0.29) is 41.1 Å². The predicted octanol–water partition coefficient (Wildman–Crippen LogP) is 6.25. The van der Waals surface area contributed by atoms with Crippen LogP contribution in [0.3, 0.4) is 0 Å². The topological polar surface area (TPSA) is 56.3 Å². The highest BCUT2D eigenvalue weighted by Crippen LogP contribution is 2.29. The number of pyridine rings is 1. The molecule has 6 heteroatoms. The highest BCUT2D eigenvalue weighted by molar-refractivity contribution is 6.30. The maximum atomic E-state index is 13.4. The van der Waals surface area contributed by atoms with Gasteiger partial charge in [-0.3, -0.25) is 9.59 Å². The minimum absolute atomic E-state index is 0.00980. The molecule has 0 aliphatic rings. The third kappa shape index (κ3) is 5.27. The van der Waals surface area contributed by atoms with Crippen LogP contribution < -0.4 is 4.74 Å². The van der Waals surface area contributed by atoms with E-state index in [9.17, 15) is 14.0 Å². The summed E-state index contributed by atoms with van der Waals surface area (Å²) in [5, 5.41) is 0.304. The molecule has 0 unspecified atom stereocenters. The number of rotatable bonds is 7. The molecule has 1 aromatic heterocycles. The second kappa shape index (κ2) is 8.97. The van der Waals surface area contributed by atoms with E-state index in [1.807, 2.05) is 19.1 Å². The molecule has 4 nitrogen and oxygen atoms in total. The van der Waals surface area contributed by atoms with E-state index in [1.54, 1.807) is 18.2 Å². The Morgan fingerprint density at radius 3 is 2.52 bits per heavy atom. The maximum absolute atomic E-state index is 13.4. The van der Waals surface area contributed by atoms with E-state index in [0.29, 0.717) is 10.6 Å². The molecule has 0 aliphatic carbocycles. The number of ether oxygens (including phenoxy) is 1. The number of Topliss-reactive ketones (excluding diaryl/α,β-unsaturated/α-hetero) is 2. The number of aromatic nitrogens is 1. The van der Waals surface area contributed by atoms with Gasteiger partial charge in [-0.05, 0) is 36.6 Å². The number of ketones is 2. The fourth-order valence-electron chi connectivity index (χ4n) is 2.90. The van der Waals surface area contributed by atoms with Crippen molar-refractivity contribution in [1.29, 1.82) is 0 Å². The van der Waals surface area contributed by atoms with Crippen LogP contribution in [-0.2, 0) is 0 Å². The van der Waals surface area contributed by atoms with Gasteiger partial charge in [0.15, 0.2) is 11.6 Å². The summed E-state index contributed by atoms with van der Waals surface area (Å²) in [6.45, 7) is 3.43. The van der Waals surface area contributed by atoms with E-state index in [4.69, 9.17) is 16.3 Å². The first-order chi connectivity index (χ1) is 13.8. The Hall–Kier alpha value is -3.05. The summed E-state index contributed by atoms with van der Waals surface area (Å²) >= 11 is 6.03. The molecule has 0 spiro atoms. The van der Waals surface area contributed by atoms with Crippen molar-refractivity contribution in [2.75, 3.05) is 0 Å². The van der Waals surface area contributed by atoms with Crippen molar-refractivity contribution < 1.29 is 18.7 Å². The molecule has 1 atom stereocenters. The Balaban J connectivity index is 1.80. The molecule has 0 N–H and O–H groups in total. The first-order valence-electron chi connectivity index (χ1n) is 9.06. The van der Waals surface area contributed by atoms with Crippen LogP contribution >= 0.6 is 11.6 Å². The van der Waals surface area contributed by atoms with Gasteiger partial charge >= 0.3 is 0 Å². The van der Waals surface area contributed by atoms with Crippen molar-refractivity contribution in [3.8, 4) is 11.6 Å². The summed E-state index contributed by atoms with van der Waals surface area (Å²) in [6, 6.07) is 14.3. The zero-order chi connectivity index (χ0) is 21.0. The number of hydrogen-bond donors (Lipinski definition) is 0. The zero-order valence-corrected chi connectivity index (χ0v) is 16.7. The Bertz CT molecular complexity index is 1050. The van der Waals surface area contributed by atoms with Crippen LogP contribution in [0.1, 0.15) is 52.5 Å². The van der Waals surface area contributed by atoms with Gasteiger partial charge in [0.1, 0.15) is 11.6 Å². The summed E-state index contributed by atoms with van der Waals surface area (Å²) < 4.78 is 19.0. The van der Waals surface area contributed by atoms with Crippen LogP contribution in [0.5, 0.6) is 11.6 Å². The second-order valence-electron chi connectivity index (χ2n) is 6.77. The van der Waals surface area contributed by atoms with Gasteiger partial charge < -0.3 is 4.74 Å². The number of carbonyl (C=O) groups is 2. The van der Waals surface area contributed by atoms with Gasteiger partial charge in [-0.1, -0.05) is 48.9 Å². The van der Waals surface area contributed by atoms with E-state index in [0.717, 1.165) is 5.56 Å². The monoisotopic (exact) mass is 411 g/mol. The Kier molecular flexibility index (Phi) is 6.39. The largest absolute Gasteiger partial charge is 0.438 e. The van der Waals surface area contributed by atoms with Crippen molar-refractivity contribution in [2.45, 2.75) is 26.2 Å². The molecule has 1 heterocycles. The van der Waals surface area contributed by atoms with Gasteiger partial charge in [-0.15, -0.1) is 0 Å². The molecule has 0 saturated heterocycles. The number of hydrogen-bond acceptors (Lipinski definition) is 4. The van der Waals surface area contributed by atoms with Crippen LogP contribution in [0.4, 0.5) is 4.39 Å². The van der Waals surface area contributed by atoms with Gasteiger partial charge in [-0.25, -0.2) is 9.37 Å². The molecule has 0 saturated carbocycles. The van der Waals surface area contributed by atoms with E-state index >= 15 is 0 Å².